The first-order chi connectivity index (χ1) is 15.1. The molecule has 32 heavy (non-hydrogen) atoms. The number of carboxylic acid groups (broad SMARTS) is 1. The number of aromatic nitrogens is 2. The number of carbonyl (C=O) groups excluding carboxylic acids is 2. The number of furan rings is 1. The summed E-state index contributed by atoms with van der Waals surface area (Å²) in [6.07, 6.45) is 0.707. The summed E-state index contributed by atoms with van der Waals surface area (Å²) in [5.41, 5.74) is 2.77. The van der Waals surface area contributed by atoms with Gasteiger partial charge in [-0.2, -0.15) is 13.2 Å². The second-order valence-corrected chi connectivity index (χ2v) is 7.57. The lowest BCUT2D eigenvalue weighted by molar-refractivity contribution is -0.192. The standard InChI is InChI=1S/C18H22N4O3.C2HF3O2/c1-13-5-9-25-17(13)18(24)21-7-3-8-22-12-19-14(15(22)11-21)10-20-6-2-4-16(20)23;3-2(4,5)1(6)7/h5,9,12H,2-4,6-8,10-11H2,1H3;(H,6,7). The van der Waals surface area contributed by atoms with Gasteiger partial charge in [-0.25, -0.2) is 9.78 Å². The number of rotatable bonds is 3. The molecule has 1 saturated heterocycles. The minimum atomic E-state index is -5.08. The van der Waals surface area contributed by atoms with Crippen molar-refractivity contribution in [3.8, 4) is 0 Å². The van der Waals surface area contributed by atoms with Crippen LogP contribution in [0.5, 0.6) is 0 Å². The molecule has 0 radical (unpaired) electrons. The molecule has 0 spiro atoms. The Hall–Kier alpha value is -3.31. The van der Waals surface area contributed by atoms with Gasteiger partial charge < -0.3 is 23.9 Å². The van der Waals surface area contributed by atoms with Crippen molar-refractivity contribution in [3.05, 3.63) is 41.4 Å². The minimum Gasteiger partial charge on any atom is -0.475 e. The molecule has 2 aromatic rings. The van der Waals surface area contributed by atoms with Crippen LogP contribution >= 0.6 is 0 Å². The maximum Gasteiger partial charge on any atom is 0.490 e. The fraction of sp³-hybridized carbons (Fsp3) is 0.500. The lowest BCUT2D eigenvalue weighted by Gasteiger charge is -2.21. The second-order valence-electron chi connectivity index (χ2n) is 7.57. The molecule has 2 aromatic heterocycles. The van der Waals surface area contributed by atoms with Crippen molar-refractivity contribution >= 4 is 17.8 Å². The van der Waals surface area contributed by atoms with E-state index < -0.39 is 12.1 Å². The van der Waals surface area contributed by atoms with Gasteiger partial charge in [0.1, 0.15) is 0 Å². The molecule has 12 heteroatoms. The van der Waals surface area contributed by atoms with Crippen LogP contribution in [0.3, 0.4) is 0 Å². The van der Waals surface area contributed by atoms with E-state index in [0.29, 0.717) is 31.8 Å². The number of aryl methyl sites for hydroxylation is 2. The average molecular weight is 456 g/mol. The molecule has 0 aliphatic carbocycles. The van der Waals surface area contributed by atoms with Gasteiger partial charge in [-0.1, -0.05) is 0 Å². The summed E-state index contributed by atoms with van der Waals surface area (Å²) >= 11 is 0. The minimum absolute atomic E-state index is 0.0830. The molecule has 4 heterocycles. The van der Waals surface area contributed by atoms with Crippen LogP contribution in [0.1, 0.15) is 46.8 Å². The normalized spacial score (nSPS) is 16.3. The molecule has 9 nitrogen and oxygen atoms in total. The van der Waals surface area contributed by atoms with Crippen LogP contribution in [0.15, 0.2) is 23.1 Å². The fourth-order valence-corrected chi connectivity index (χ4v) is 3.61. The van der Waals surface area contributed by atoms with E-state index in [1.807, 2.05) is 23.1 Å². The summed E-state index contributed by atoms with van der Waals surface area (Å²) in [4.78, 5) is 41.8. The van der Waals surface area contributed by atoms with E-state index in [9.17, 15) is 22.8 Å². The molecule has 174 valence electrons. The third-order valence-electron chi connectivity index (χ3n) is 5.30. The van der Waals surface area contributed by atoms with Crippen LogP contribution in [0.25, 0.3) is 0 Å². The third-order valence-corrected chi connectivity index (χ3v) is 5.30. The maximum atomic E-state index is 12.8. The zero-order valence-corrected chi connectivity index (χ0v) is 17.4. The molecule has 2 aliphatic heterocycles. The van der Waals surface area contributed by atoms with Gasteiger partial charge in [0.15, 0.2) is 5.76 Å². The van der Waals surface area contributed by atoms with Gasteiger partial charge in [-0.3, -0.25) is 9.59 Å². The van der Waals surface area contributed by atoms with Gasteiger partial charge >= 0.3 is 12.1 Å². The van der Waals surface area contributed by atoms with Gasteiger partial charge in [-0.05, 0) is 25.8 Å². The van der Waals surface area contributed by atoms with Gasteiger partial charge in [0.05, 0.1) is 37.1 Å². The Bertz CT molecular complexity index is 998. The van der Waals surface area contributed by atoms with Crippen molar-refractivity contribution in [1.82, 2.24) is 19.4 Å². The first-order valence-corrected chi connectivity index (χ1v) is 10.0. The van der Waals surface area contributed by atoms with Crippen molar-refractivity contribution in [3.63, 3.8) is 0 Å². The van der Waals surface area contributed by atoms with Crippen LogP contribution in [0, 0.1) is 6.92 Å². The fourth-order valence-electron chi connectivity index (χ4n) is 3.61. The molecule has 0 atom stereocenters. The molecule has 0 saturated carbocycles. The Kier molecular flexibility index (Phi) is 6.90. The van der Waals surface area contributed by atoms with Gasteiger partial charge in [-0.15, -0.1) is 0 Å². The smallest absolute Gasteiger partial charge is 0.475 e. The van der Waals surface area contributed by atoms with Crippen LogP contribution in [0.4, 0.5) is 13.2 Å². The number of halogens is 3. The number of fused-ring (bicyclic) bond motifs is 1. The predicted molar refractivity (Wildman–Crippen MR) is 103 cm³/mol. The van der Waals surface area contributed by atoms with Crippen molar-refractivity contribution in [2.75, 3.05) is 13.1 Å². The average Bonchev–Trinajstić information content (AvgIpc) is 3.39. The van der Waals surface area contributed by atoms with Crippen molar-refractivity contribution in [2.45, 2.75) is 52.0 Å². The van der Waals surface area contributed by atoms with E-state index >= 15 is 0 Å². The number of hydrogen-bond donors (Lipinski definition) is 1. The number of alkyl halides is 3. The Morgan fingerprint density at radius 1 is 1.22 bits per heavy atom. The lowest BCUT2D eigenvalue weighted by atomic mass is 10.2. The molecule has 2 aliphatic rings. The summed E-state index contributed by atoms with van der Waals surface area (Å²) in [5, 5.41) is 7.12. The number of likely N-dealkylation sites (tertiary alicyclic amines) is 1. The highest BCUT2D eigenvalue weighted by atomic mass is 19.4. The molecule has 4 rings (SSSR count). The van der Waals surface area contributed by atoms with Gasteiger partial charge in [0.25, 0.3) is 5.91 Å². The molecular formula is C20H23F3N4O5. The largest absolute Gasteiger partial charge is 0.490 e. The van der Waals surface area contributed by atoms with E-state index in [2.05, 4.69) is 9.55 Å². The number of carboxylic acids is 1. The number of hydrogen-bond acceptors (Lipinski definition) is 5. The van der Waals surface area contributed by atoms with Crippen molar-refractivity contribution in [1.29, 1.82) is 0 Å². The first kappa shape index (κ1) is 23.4. The Labute approximate surface area is 181 Å². The third kappa shape index (κ3) is 5.29. The summed E-state index contributed by atoms with van der Waals surface area (Å²) in [7, 11) is 0. The summed E-state index contributed by atoms with van der Waals surface area (Å²) < 4.78 is 39.2. The summed E-state index contributed by atoms with van der Waals surface area (Å²) in [5.74, 6) is -2.24. The molecule has 2 amide bonds. The molecule has 0 aromatic carbocycles. The maximum absolute atomic E-state index is 12.8. The van der Waals surface area contributed by atoms with Crippen LogP contribution in [0.2, 0.25) is 0 Å². The van der Waals surface area contributed by atoms with E-state index in [1.165, 1.54) is 0 Å². The zero-order chi connectivity index (χ0) is 23.5. The van der Waals surface area contributed by atoms with E-state index in [-0.39, 0.29) is 11.8 Å². The van der Waals surface area contributed by atoms with Crippen LogP contribution < -0.4 is 0 Å². The highest BCUT2D eigenvalue weighted by Gasteiger charge is 2.38. The molecule has 1 fully saturated rings. The Balaban J connectivity index is 0.000000360. The van der Waals surface area contributed by atoms with E-state index in [4.69, 9.17) is 14.3 Å². The topological polar surface area (TPSA) is 109 Å². The number of imidazole rings is 1. The molecule has 0 bridgehead atoms. The zero-order valence-electron chi connectivity index (χ0n) is 17.4. The number of nitrogens with zero attached hydrogens (tertiary/aromatic N) is 4. The molecule has 0 unspecified atom stereocenters. The Morgan fingerprint density at radius 2 is 1.94 bits per heavy atom. The predicted octanol–water partition coefficient (Wildman–Crippen LogP) is 2.59. The number of aliphatic carboxylic acids is 1. The van der Waals surface area contributed by atoms with Crippen molar-refractivity contribution in [2.24, 2.45) is 0 Å². The first-order valence-electron chi connectivity index (χ1n) is 10.0. The quantitative estimate of drug-likeness (QED) is 0.761. The highest BCUT2D eigenvalue weighted by molar-refractivity contribution is 5.92. The molecule has 1 N–H and O–H groups in total. The number of amides is 2. The highest BCUT2D eigenvalue weighted by Crippen LogP contribution is 2.22. The van der Waals surface area contributed by atoms with Crippen molar-refractivity contribution < 1.29 is 37.1 Å². The SMILES string of the molecule is Cc1ccoc1C(=O)N1CCCn2cnc(CN3CCCC3=O)c2C1.O=C(O)C(F)(F)F. The van der Waals surface area contributed by atoms with Crippen LogP contribution in [-0.2, 0) is 29.2 Å². The van der Waals surface area contributed by atoms with Crippen LogP contribution in [-0.4, -0.2) is 61.5 Å². The monoisotopic (exact) mass is 456 g/mol. The van der Waals surface area contributed by atoms with E-state index in [1.54, 1.807) is 12.3 Å². The van der Waals surface area contributed by atoms with E-state index in [0.717, 1.165) is 42.9 Å². The lowest BCUT2D eigenvalue weighted by Crippen LogP contribution is -2.32. The summed E-state index contributed by atoms with van der Waals surface area (Å²) in [6.45, 7) is 5.21. The number of carbonyl (C=O) groups is 3. The van der Waals surface area contributed by atoms with Gasteiger partial charge in [0.2, 0.25) is 5.91 Å². The Morgan fingerprint density at radius 3 is 2.50 bits per heavy atom. The summed E-state index contributed by atoms with van der Waals surface area (Å²) in [6, 6.07) is 1.81. The second kappa shape index (κ2) is 9.45. The van der Waals surface area contributed by atoms with Gasteiger partial charge in [0, 0.05) is 31.6 Å². The molecular weight excluding hydrogens is 433 g/mol.